The van der Waals surface area contributed by atoms with E-state index < -0.39 is 11.4 Å². The van der Waals surface area contributed by atoms with E-state index in [1.54, 1.807) is 11.3 Å². The summed E-state index contributed by atoms with van der Waals surface area (Å²) < 4.78 is 1.68. The first-order chi connectivity index (χ1) is 8.97. The lowest BCUT2D eigenvalue weighted by Gasteiger charge is -2.24. The Morgan fingerprint density at radius 1 is 1.68 bits per heavy atom. The Morgan fingerprint density at radius 2 is 2.42 bits per heavy atom. The highest BCUT2D eigenvalue weighted by molar-refractivity contribution is 9.10. The summed E-state index contributed by atoms with van der Waals surface area (Å²) in [7, 11) is 0. The topological polar surface area (TPSA) is 40.5 Å². The van der Waals surface area contributed by atoms with Gasteiger partial charge in [-0.3, -0.25) is 9.69 Å². The van der Waals surface area contributed by atoms with Gasteiger partial charge in [-0.2, -0.15) is 0 Å². The molecule has 1 aliphatic heterocycles. The fourth-order valence-corrected chi connectivity index (χ4v) is 4.58. The average molecular weight is 367 g/mol. The van der Waals surface area contributed by atoms with Gasteiger partial charge in [0, 0.05) is 22.4 Å². The smallest absolute Gasteiger partial charge is 0.310 e. The lowest BCUT2D eigenvalue weighted by molar-refractivity contribution is -0.148. The fourth-order valence-electron chi connectivity index (χ4n) is 2.75. The molecule has 0 bridgehead atoms. The van der Waals surface area contributed by atoms with E-state index in [4.69, 9.17) is 11.6 Å². The Kier molecular flexibility index (Phi) is 4.93. The second-order valence-electron chi connectivity index (χ2n) is 5.13. The zero-order valence-corrected chi connectivity index (χ0v) is 13.9. The Labute approximate surface area is 130 Å². The molecule has 1 aliphatic rings. The molecule has 1 unspecified atom stereocenters. The van der Waals surface area contributed by atoms with E-state index in [0.29, 0.717) is 6.54 Å². The summed E-state index contributed by atoms with van der Waals surface area (Å²) in [6.07, 6.45) is 2.42. The summed E-state index contributed by atoms with van der Waals surface area (Å²) in [5, 5.41) is 9.47. The zero-order chi connectivity index (χ0) is 14.0. The van der Waals surface area contributed by atoms with Crippen LogP contribution in [0.25, 0.3) is 0 Å². The van der Waals surface area contributed by atoms with Gasteiger partial charge >= 0.3 is 5.97 Å². The van der Waals surface area contributed by atoms with Crippen LogP contribution in [0.1, 0.15) is 31.1 Å². The summed E-state index contributed by atoms with van der Waals surface area (Å²) in [6, 6.07) is 2.02. The molecule has 1 saturated heterocycles. The van der Waals surface area contributed by atoms with Crippen LogP contribution in [0.15, 0.2) is 10.5 Å². The van der Waals surface area contributed by atoms with E-state index in [2.05, 4.69) is 20.8 Å². The van der Waals surface area contributed by atoms with Crippen LogP contribution >= 0.6 is 38.9 Å². The van der Waals surface area contributed by atoms with E-state index in [-0.39, 0.29) is 0 Å². The molecule has 0 radical (unpaired) electrons. The number of carboxylic acid groups (broad SMARTS) is 1. The molecule has 3 nitrogen and oxygen atoms in total. The van der Waals surface area contributed by atoms with Crippen molar-refractivity contribution in [1.29, 1.82) is 0 Å². The van der Waals surface area contributed by atoms with E-state index >= 15 is 0 Å². The van der Waals surface area contributed by atoms with Crippen LogP contribution in [0.3, 0.4) is 0 Å². The number of aliphatic carboxylic acids is 1. The van der Waals surface area contributed by atoms with Gasteiger partial charge in [0.05, 0.1) is 5.41 Å². The quantitative estimate of drug-likeness (QED) is 0.847. The number of thiophene rings is 1. The second-order valence-corrected chi connectivity index (χ2v) is 7.72. The fraction of sp³-hybridized carbons (Fsp3) is 0.615. The van der Waals surface area contributed by atoms with Crippen molar-refractivity contribution in [2.75, 3.05) is 13.1 Å². The summed E-state index contributed by atoms with van der Waals surface area (Å²) >= 11 is 11.0. The minimum absolute atomic E-state index is 0.549. The largest absolute Gasteiger partial charge is 0.481 e. The van der Waals surface area contributed by atoms with Gasteiger partial charge < -0.3 is 5.11 Å². The number of carboxylic acids is 1. The Hall–Kier alpha value is -0.100. The maximum absolute atomic E-state index is 11.5. The zero-order valence-electron chi connectivity index (χ0n) is 10.8. The molecule has 1 aromatic heterocycles. The first kappa shape index (κ1) is 15.3. The first-order valence-corrected chi connectivity index (χ1v) is 8.35. The number of carbonyl (C=O) groups is 1. The second kappa shape index (κ2) is 6.12. The van der Waals surface area contributed by atoms with Gasteiger partial charge in [-0.05, 0) is 41.4 Å². The lowest BCUT2D eigenvalue weighted by atomic mass is 9.83. The molecule has 2 rings (SSSR count). The standard InChI is InChI=1S/C13H17BrClNO2S/c1-2-3-13(12(17)18)4-5-16(8-13)7-9-6-10(14)11(15)19-9/h6H,2-5,7-8H2,1H3,(H,17,18). The van der Waals surface area contributed by atoms with Crippen LogP contribution in [0, 0.1) is 5.41 Å². The molecule has 1 aromatic rings. The van der Waals surface area contributed by atoms with E-state index in [9.17, 15) is 9.90 Å². The predicted molar refractivity (Wildman–Crippen MR) is 81.9 cm³/mol. The van der Waals surface area contributed by atoms with Crippen molar-refractivity contribution in [2.24, 2.45) is 5.41 Å². The number of likely N-dealkylation sites (tertiary alicyclic amines) is 1. The van der Waals surface area contributed by atoms with Crippen LogP contribution in [0.4, 0.5) is 0 Å². The summed E-state index contributed by atoms with van der Waals surface area (Å²) in [5.74, 6) is -0.651. The maximum atomic E-state index is 11.5. The number of halogens is 2. The molecular formula is C13H17BrClNO2S. The number of rotatable bonds is 5. The molecule has 0 saturated carbocycles. The summed E-state index contributed by atoms with van der Waals surface area (Å²) in [4.78, 5) is 14.9. The molecule has 19 heavy (non-hydrogen) atoms. The molecule has 0 spiro atoms. The highest BCUT2D eigenvalue weighted by Gasteiger charge is 2.43. The van der Waals surface area contributed by atoms with Crippen molar-refractivity contribution >= 4 is 44.8 Å². The summed E-state index contributed by atoms with van der Waals surface area (Å²) in [6.45, 7) is 4.32. The number of hydrogen-bond donors (Lipinski definition) is 1. The number of nitrogens with zero attached hydrogens (tertiary/aromatic N) is 1. The Balaban J connectivity index is 2.03. The molecule has 106 valence electrons. The molecule has 1 fully saturated rings. The van der Waals surface area contributed by atoms with Crippen molar-refractivity contribution in [3.63, 3.8) is 0 Å². The van der Waals surface area contributed by atoms with Crippen LogP contribution in [-0.2, 0) is 11.3 Å². The molecule has 0 amide bonds. The average Bonchev–Trinajstić information content (AvgIpc) is 2.86. The van der Waals surface area contributed by atoms with Crippen molar-refractivity contribution in [2.45, 2.75) is 32.7 Å². The van der Waals surface area contributed by atoms with Crippen molar-refractivity contribution in [3.05, 3.63) is 19.8 Å². The molecule has 0 aliphatic carbocycles. The van der Waals surface area contributed by atoms with Gasteiger partial charge in [0.25, 0.3) is 0 Å². The highest BCUT2D eigenvalue weighted by Crippen LogP contribution is 2.38. The molecule has 1 atom stereocenters. The van der Waals surface area contributed by atoms with E-state index in [1.165, 1.54) is 4.88 Å². The van der Waals surface area contributed by atoms with Crippen LogP contribution in [-0.4, -0.2) is 29.1 Å². The van der Waals surface area contributed by atoms with Crippen molar-refractivity contribution < 1.29 is 9.90 Å². The van der Waals surface area contributed by atoms with Gasteiger partial charge in [0.15, 0.2) is 0 Å². The van der Waals surface area contributed by atoms with E-state index in [0.717, 1.165) is 41.2 Å². The molecular weight excluding hydrogens is 350 g/mol. The maximum Gasteiger partial charge on any atom is 0.310 e. The van der Waals surface area contributed by atoms with Crippen molar-refractivity contribution in [1.82, 2.24) is 4.90 Å². The predicted octanol–water partition coefficient (Wildman–Crippen LogP) is 4.24. The molecule has 0 aromatic carbocycles. The highest BCUT2D eigenvalue weighted by atomic mass is 79.9. The van der Waals surface area contributed by atoms with Gasteiger partial charge in [-0.1, -0.05) is 24.9 Å². The van der Waals surface area contributed by atoms with Gasteiger partial charge in [0.1, 0.15) is 4.34 Å². The number of hydrogen-bond acceptors (Lipinski definition) is 3. The van der Waals surface area contributed by atoms with E-state index in [1.807, 2.05) is 13.0 Å². The van der Waals surface area contributed by atoms with Gasteiger partial charge in [-0.25, -0.2) is 0 Å². The monoisotopic (exact) mass is 365 g/mol. The van der Waals surface area contributed by atoms with Gasteiger partial charge in [-0.15, -0.1) is 11.3 Å². The minimum atomic E-state index is -0.651. The third-order valence-electron chi connectivity index (χ3n) is 3.69. The van der Waals surface area contributed by atoms with Crippen LogP contribution in [0.5, 0.6) is 0 Å². The van der Waals surface area contributed by atoms with Crippen LogP contribution < -0.4 is 0 Å². The minimum Gasteiger partial charge on any atom is -0.481 e. The molecule has 6 heteroatoms. The first-order valence-electron chi connectivity index (χ1n) is 6.36. The Morgan fingerprint density at radius 3 is 2.95 bits per heavy atom. The molecule has 2 heterocycles. The third kappa shape index (κ3) is 3.32. The summed E-state index contributed by atoms with van der Waals surface area (Å²) in [5.41, 5.74) is -0.549. The van der Waals surface area contributed by atoms with Crippen LogP contribution in [0.2, 0.25) is 4.34 Å². The third-order valence-corrected chi connectivity index (χ3v) is 6.15. The SMILES string of the molecule is CCCC1(C(=O)O)CCN(Cc2cc(Br)c(Cl)s2)C1. The van der Waals surface area contributed by atoms with Gasteiger partial charge in [0.2, 0.25) is 0 Å². The molecule has 1 N–H and O–H groups in total. The Bertz CT molecular complexity index is 460. The normalized spacial score (nSPS) is 23.9. The van der Waals surface area contributed by atoms with Crippen molar-refractivity contribution in [3.8, 4) is 0 Å². The lowest BCUT2D eigenvalue weighted by Crippen LogP contribution is -2.34.